The maximum absolute atomic E-state index is 6.20. The summed E-state index contributed by atoms with van der Waals surface area (Å²) in [6.45, 7) is 19.9. The third-order valence-corrected chi connectivity index (χ3v) is 8.47. The van der Waals surface area contributed by atoms with Crippen LogP contribution in [0.15, 0.2) is 89.9 Å². The zero-order chi connectivity index (χ0) is 27.7. The number of nitrogens with zero attached hydrogens (tertiary/aromatic N) is 1. The summed E-state index contributed by atoms with van der Waals surface area (Å²) in [5.41, 5.74) is 13.3. The van der Waals surface area contributed by atoms with Crippen LogP contribution in [0.25, 0.3) is 28.2 Å². The minimum absolute atomic E-state index is 0.0256. The van der Waals surface area contributed by atoms with E-state index in [1.807, 2.05) is 13.0 Å². The van der Waals surface area contributed by atoms with E-state index in [1.54, 1.807) is 0 Å². The van der Waals surface area contributed by atoms with E-state index in [0.717, 1.165) is 39.4 Å². The van der Waals surface area contributed by atoms with E-state index < -0.39 is 0 Å². The van der Waals surface area contributed by atoms with Crippen molar-refractivity contribution in [3.05, 3.63) is 119 Å². The van der Waals surface area contributed by atoms with Gasteiger partial charge >= 0.3 is 0 Å². The Bertz CT molecular complexity index is 1760. The van der Waals surface area contributed by atoms with Gasteiger partial charge in [0.05, 0.1) is 11.1 Å². The second-order valence-electron chi connectivity index (χ2n) is 12.4. The minimum Gasteiger partial charge on any atom is -0.461 e. The van der Waals surface area contributed by atoms with Crippen molar-refractivity contribution in [1.82, 2.24) is 0 Å². The zero-order valence-corrected chi connectivity index (χ0v) is 24.1. The molecule has 4 aromatic carbocycles. The summed E-state index contributed by atoms with van der Waals surface area (Å²) in [5, 5.41) is 1.09. The fourth-order valence-corrected chi connectivity index (χ4v) is 6.52. The summed E-state index contributed by atoms with van der Waals surface area (Å²) in [6.07, 6.45) is 1.92. The Hall–Kier alpha value is -4.04. The molecular formula is C37H37NO. The third kappa shape index (κ3) is 3.85. The first kappa shape index (κ1) is 25.2. The van der Waals surface area contributed by atoms with Crippen molar-refractivity contribution in [3.63, 3.8) is 0 Å². The lowest BCUT2D eigenvalue weighted by molar-refractivity contribution is 0.577. The van der Waals surface area contributed by atoms with E-state index in [2.05, 4.69) is 132 Å². The van der Waals surface area contributed by atoms with E-state index in [1.165, 1.54) is 33.4 Å². The van der Waals surface area contributed by atoms with Crippen LogP contribution in [-0.4, -0.2) is 0 Å². The molecule has 0 amide bonds. The van der Waals surface area contributed by atoms with Gasteiger partial charge in [0, 0.05) is 22.4 Å². The molecule has 1 aliphatic carbocycles. The molecule has 0 bridgehead atoms. The number of rotatable bonds is 4. The molecule has 0 N–H and O–H groups in total. The van der Waals surface area contributed by atoms with Gasteiger partial charge in [0.15, 0.2) is 0 Å². The summed E-state index contributed by atoms with van der Waals surface area (Å²) >= 11 is 0. The van der Waals surface area contributed by atoms with Crippen LogP contribution in [0.3, 0.4) is 0 Å². The number of anilines is 3. The molecule has 2 nitrogen and oxygen atoms in total. The van der Waals surface area contributed by atoms with Gasteiger partial charge in [0.2, 0.25) is 0 Å². The monoisotopic (exact) mass is 511 g/mol. The number of benzene rings is 4. The highest BCUT2D eigenvalue weighted by Crippen LogP contribution is 2.51. The molecule has 0 aliphatic heterocycles. The van der Waals surface area contributed by atoms with Crippen LogP contribution in [-0.2, 0) is 10.8 Å². The van der Waals surface area contributed by atoms with E-state index in [0.29, 0.717) is 0 Å². The number of furan rings is 1. The average molecular weight is 512 g/mol. The Morgan fingerprint density at radius 2 is 1.49 bits per heavy atom. The van der Waals surface area contributed by atoms with E-state index >= 15 is 0 Å². The standard InChI is InChI=1S/C37H37NO/c1-9-27-24(3)39-34-16-12-15-33(35(27)34)38(25-18-17-23(2)31(21-25)36(4,5)6)26-19-20-29-28-13-10-11-14-30(28)37(7,8)32(29)22-26/h9-22H,1H2,2-8H3. The molecule has 0 saturated heterocycles. The predicted octanol–water partition coefficient (Wildman–Crippen LogP) is 10.8. The van der Waals surface area contributed by atoms with Gasteiger partial charge in [-0.2, -0.15) is 0 Å². The number of hydrogen-bond acceptors (Lipinski definition) is 2. The van der Waals surface area contributed by atoms with Crippen molar-refractivity contribution in [2.24, 2.45) is 0 Å². The lowest BCUT2D eigenvalue weighted by atomic mass is 9.82. The second kappa shape index (κ2) is 8.74. The average Bonchev–Trinajstić information content (AvgIpc) is 3.35. The Morgan fingerprint density at radius 1 is 0.795 bits per heavy atom. The second-order valence-corrected chi connectivity index (χ2v) is 12.4. The highest BCUT2D eigenvalue weighted by Gasteiger charge is 2.36. The largest absolute Gasteiger partial charge is 0.461 e. The van der Waals surface area contributed by atoms with Crippen molar-refractivity contribution >= 4 is 34.1 Å². The normalized spacial score (nSPS) is 13.8. The summed E-state index contributed by atoms with van der Waals surface area (Å²) in [7, 11) is 0. The van der Waals surface area contributed by atoms with E-state index in [9.17, 15) is 0 Å². The maximum atomic E-state index is 6.20. The van der Waals surface area contributed by atoms with Crippen molar-refractivity contribution in [2.75, 3.05) is 4.90 Å². The van der Waals surface area contributed by atoms with Crippen LogP contribution in [0.5, 0.6) is 0 Å². The fraction of sp³-hybridized carbons (Fsp3) is 0.243. The smallest absolute Gasteiger partial charge is 0.137 e. The van der Waals surface area contributed by atoms with Gasteiger partial charge in [0.1, 0.15) is 11.3 Å². The molecule has 0 spiro atoms. The van der Waals surface area contributed by atoms with Gasteiger partial charge in [-0.25, -0.2) is 0 Å². The minimum atomic E-state index is -0.0814. The van der Waals surface area contributed by atoms with Gasteiger partial charge < -0.3 is 9.32 Å². The first-order valence-corrected chi connectivity index (χ1v) is 13.8. The van der Waals surface area contributed by atoms with Crippen LogP contribution in [0.4, 0.5) is 17.1 Å². The topological polar surface area (TPSA) is 16.4 Å². The fourth-order valence-electron chi connectivity index (χ4n) is 6.52. The van der Waals surface area contributed by atoms with Gasteiger partial charge in [-0.05, 0) is 89.0 Å². The predicted molar refractivity (Wildman–Crippen MR) is 167 cm³/mol. The van der Waals surface area contributed by atoms with Gasteiger partial charge in [-0.3, -0.25) is 0 Å². The molecule has 5 aromatic rings. The van der Waals surface area contributed by atoms with Crippen LogP contribution in [0, 0.1) is 13.8 Å². The highest BCUT2D eigenvalue weighted by molar-refractivity contribution is 6.02. The Morgan fingerprint density at radius 3 is 2.23 bits per heavy atom. The van der Waals surface area contributed by atoms with E-state index in [4.69, 9.17) is 4.42 Å². The summed E-state index contributed by atoms with van der Waals surface area (Å²) < 4.78 is 6.20. The maximum Gasteiger partial charge on any atom is 0.137 e. The summed E-state index contributed by atoms with van der Waals surface area (Å²) in [4.78, 5) is 2.40. The van der Waals surface area contributed by atoms with Gasteiger partial charge in [-0.1, -0.05) is 89.7 Å². The van der Waals surface area contributed by atoms with Crippen molar-refractivity contribution in [2.45, 2.75) is 59.3 Å². The first-order valence-electron chi connectivity index (χ1n) is 13.8. The van der Waals surface area contributed by atoms with Gasteiger partial charge in [0.25, 0.3) is 0 Å². The van der Waals surface area contributed by atoms with Crippen LogP contribution < -0.4 is 4.90 Å². The van der Waals surface area contributed by atoms with Crippen molar-refractivity contribution in [1.29, 1.82) is 0 Å². The molecule has 39 heavy (non-hydrogen) atoms. The number of hydrogen-bond donors (Lipinski definition) is 0. The molecule has 0 atom stereocenters. The zero-order valence-electron chi connectivity index (χ0n) is 24.1. The molecule has 1 aromatic heterocycles. The Balaban J connectivity index is 1.65. The van der Waals surface area contributed by atoms with Crippen LogP contribution in [0.1, 0.15) is 68.2 Å². The molecule has 6 rings (SSSR count). The molecule has 2 heteroatoms. The molecule has 0 unspecified atom stereocenters. The van der Waals surface area contributed by atoms with E-state index in [-0.39, 0.29) is 10.8 Å². The quantitative estimate of drug-likeness (QED) is 0.238. The molecular weight excluding hydrogens is 474 g/mol. The van der Waals surface area contributed by atoms with Crippen molar-refractivity contribution < 1.29 is 4.42 Å². The van der Waals surface area contributed by atoms with Crippen LogP contribution >= 0.6 is 0 Å². The van der Waals surface area contributed by atoms with Crippen molar-refractivity contribution in [3.8, 4) is 11.1 Å². The molecule has 0 radical (unpaired) electrons. The van der Waals surface area contributed by atoms with Crippen LogP contribution in [0.2, 0.25) is 0 Å². The third-order valence-electron chi connectivity index (χ3n) is 8.47. The highest BCUT2D eigenvalue weighted by atomic mass is 16.3. The van der Waals surface area contributed by atoms with Gasteiger partial charge in [-0.15, -0.1) is 0 Å². The SMILES string of the molecule is C=Cc1c(C)oc2cccc(N(c3ccc(C)c(C(C)(C)C)c3)c3ccc4c(c3)C(C)(C)c3ccccc3-4)c12. The lowest BCUT2D eigenvalue weighted by Gasteiger charge is -2.31. The summed E-state index contributed by atoms with van der Waals surface area (Å²) in [6, 6.07) is 29.0. The molecule has 0 saturated carbocycles. The number of fused-ring (bicyclic) bond motifs is 4. The Labute approximate surface area is 232 Å². The molecule has 196 valence electrons. The first-order chi connectivity index (χ1) is 18.5. The Kier molecular flexibility index (Phi) is 5.66. The lowest BCUT2D eigenvalue weighted by Crippen LogP contribution is -2.18. The molecule has 1 heterocycles. The molecule has 0 fully saturated rings. The molecule has 1 aliphatic rings. The number of aryl methyl sites for hydroxylation is 2. The summed E-state index contributed by atoms with van der Waals surface area (Å²) in [5.74, 6) is 0.886.